The Morgan fingerprint density at radius 3 is 2.67 bits per heavy atom. The van der Waals surface area contributed by atoms with Crippen LogP contribution in [0, 0.1) is 0 Å². The van der Waals surface area contributed by atoms with Gasteiger partial charge in [0, 0.05) is 19.1 Å². The molecule has 0 radical (unpaired) electrons. The fourth-order valence-electron chi connectivity index (χ4n) is 2.64. The van der Waals surface area contributed by atoms with Crippen molar-refractivity contribution in [3.8, 4) is 0 Å². The summed E-state index contributed by atoms with van der Waals surface area (Å²) in [6.07, 6.45) is 1.17. The van der Waals surface area contributed by atoms with E-state index in [9.17, 15) is 0 Å². The molecule has 0 spiro atoms. The van der Waals surface area contributed by atoms with Gasteiger partial charge in [0.05, 0.1) is 6.61 Å². The number of ether oxygens (including phenoxy) is 1. The topological polar surface area (TPSA) is 12.5 Å². The SMILES string of the molecule is CC(C)c1ccc(C2CCOC2)c(CN(C)C)c1. The Bertz CT molecular complexity index is 392. The maximum Gasteiger partial charge on any atom is 0.0535 e. The Hall–Kier alpha value is -0.860. The molecule has 1 aromatic carbocycles. The molecular formula is C16H25NO. The van der Waals surface area contributed by atoms with E-state index in [4.69, 9.17) is 4.74 Å². The third-order valence-electron chi connectivity index (χ3n) is 3.69. The number of rotatable bonds is 4. The molecule has 18 heavy (non-hydrogen) atoms. The van der Waals surface area contributed by atoms with Gasteiger partial charge in [-0.2, -0.15) is 0 Å². The largest absolute Gasteiger partial charge is 0.381 e. The summed E-state index contributed by atoms with van der Waals surface area (Å²) in [4.78, 5) is 2.25. The summed E-state index contributed by atoms with van der Waals surface area (Å²) in [7, 11) is 4.27. The van der Waals surface area contributed by atoms with Gasteiger partial charge in [0.15, 0.2) is 0 Å². The minimum Gasteiger partial charge on any atom is -0.381 e. The van der Waals surface area contributed by atoms with Crippen molar-refractivity contribution in [3.05, 3.63) is 34.9 Å². The molecule has 0 saturated carbocycles. The van der Waals surface area contributed by atoms with E-state index in [1.165, 1.54) is 23.1 Å². The minimum absolute atomic E-state index is 0.597. The summed E-state index contributed by atoms with van der Waals surface area (Å²) in [6, 6.07) is 7.00. The van der Waals surface area contributed by atoms with Crippen LogP contribution in [-0.2, 0) is 11.3 Å². The van der Waals surface area contributed by atoms with Gasteiger partial charge in [0.1, 0.15) is 0 Å². The molecule has 1 atom stereocenters. The van der Waals surface area contributed by atoms with Crippen LogP contribution < -0.4 is 0 Å². The van der Waals surface area contributed by atoms with Gasteiger partial charge in [0.2, 0.25) is 0 Å². The van der Waals surface area contributed by atoms with E-state index in [1.54, 1.807) is 0 Å². The van der Waals surface area contributed by atoms with E-state index in [0.717, 1.165) is 19.8 Å². The molecule has 0 bridgehead atoms. The summed E-state index contributed by atoms with van der Waals surface area (Å²) >= 11 is 0. The van der Waals surface area contributed by atoms with Crippen molar-refractivity contribution in [2.75, 3.05) is 27.3 Å². The van der Waals surface area contributed by atoms with Gasteiger partial charge in [0.25, 0.3) is 0 Å². The van der Waals surface area contributed by atoms with Crippen LogP contribution in [0.1, 0.15) is 48.8 Å². The zero-order valence-corrected chi connectivity index (χ0v) is 12.1. The van der Waals surface area contributed by atoms with Crippen molar-refractivity contribution in [2.45, 2.75) is 38.6 Å². The summed E-state index contributed by atoms with van der Waals surface area (Å²) in [5, 5.41) is 0. The molecule has 2 nitrogen and oxygen atoms in total. The van der Waals surface area contributed by atoms with Crippen LogP contribution >= 0.6 is 0 Å². The number of benzene rings is 1. The van der Waals surface area contributed by atoms with E-state index in [-0.39, 0.29) is 0 Å². The average molecular weight is 247 g/mol. The summed E-state index contributed by atoms with van der Waals surface area (Å²) in [5.74, 6) is 1.20. The second kappa shape index (κ2) is 5.85. The maximum absolute atomic E-state index is 5.54. The lowest BCUT2D eigenvalue weighted by molar-refractivity contribution is 0.193. The standard InChI is InChI=1S/C16H25NO/c1-12(2)13-5-6-16(14-7-8-18-11-14)15(9-13)10-17(3)4/h5-6,9,12,14H,7-8,10-11H2,1-4H3. The van der Waals surface area contributed by atoms with Crippen molar-refractivity contribution in [1.82, 2.24) is 4.90 Å². The van der Waals surface area contributed by atoms with Crippen LogP contribution in [0.5, 0.6) is 0 Å². The highest BCUT2D eigenvalue weighted by Gasteiger charge is 2.21. The van der Waals surface area contributed by atoms with Crippen LogP contribution in [0.25, 0.3) is 0 Å². The fourth-order valence-corrected chi connectivity index (χ4v) is 2.64. The Morgan fingerprint density at radius 2 is 2.11 bits per heavy atom. The molecule has 1 aliphatic heterocycles. The van der Waals surface area contributed by atoms with Gasteiger partial charge in [-0.05, 0) is 43.1 Å². The van der Waals surface area contributed by atoms with Gasteiger partial charge < -0.3 is 9.64 Å². The van der Waals surface area contributed by atoms with Crippen molar-refractivity contribution >= 4 is 0 Å². The van der Waals surface area contributed by atoms with Crippen molar-refractivity contribution in [2.24, 2.45) is 0 Å². The molecule has 1 saturated heterocycles. The van der Waals surface area contributed by atoms with Gasteiger partial charge in [-0.25, -0.2) is 0 Å². The predicted molar refractivity (Wildman–Crippen MR) is 76.1 cm³/mol. The molecule has 2 heteroatoms. The first-order chi connectivity index (χ1) is 8.58. The summed E-state index contributed by atoms with van der Waals surface area (Å²) in [6.45, 7) is 7.34. The van der Waals surface area contributed by atoms with Crippen LogP contribution in [0.15, 0.2) is 18.2 Å². The highest BCUT2D eigenvalue weighted by Crippen LogP contribution is 2.30. The lowest BCUT2D eigenvalue weighted by Crippen LogP contribution is -2.14. The number of hydrogen-bond acceptors (Lipinski definition) is 2. The monoisotopic (exact) mass is 247 g/mol. The molecule has 1 fully saturated rings. The quantitative estimate of drug-likeness (QED) is 0.809. The molecule has 0 amide bonds. The van der Waals surface area contributed by atoms with E-state index < -0.39 is 0 Å². The minimum atomic E-state index is 0.597. The molecule has 0 aromatic heterocycles. The normalized spacial score (nSPS) is 20.0. The molecule has 100 valence electrons. The van der Waals surface area contributed by atoms with Gasteiger partial charge in [-0.3, -0.25) is 0 Å². The summed E-state index contributed by atoms with van der Waals surface area (Å²) in [5.41, 5.74) is 4.40. The molecule has 1 unspecified atom stereocenters. The number of hydrogen-bond donors (Lipinski definition) is 0. The zero-order valence-electron chi connectivity index (χ0n) is 12.1. The average Bonchev–Trinajstić information content (AvgIpc) is 2.81. The van der Waals surface area contributed by atoms with E-state index in [1.807, 2.05) is 0 Å². The fraction of sp³-hybridized carbons (Fsp3) is 0.625. The Labute approximate surface area is 111 Å². The third kappa shape index (κ3) is 3.12. The van der Waals surface area contributed by atoms with Crippen molar-refractivity contribution < 1.29 is 4.74 Å². The Kier molecular flexibility index (Phi) is 4.41. The van der Waals surface area contributed by atoms with Crippen LogP contribution in [0.2, 0.25) is 0 Å². The first-order valence-electron chi connectivity index (χ1n) is 6.93. The molecule has 1 aliphatic rings. The lowest BCUT2D eigenvalue weighted by Gasteiger charge is -2.20. The smallest absolute Gasteiger partial charge is 0.0535 e. The second-order valence-electron chi connectivity index (χ2n) is 5.91. The van der Waals surface area contributed by atoms with E-state index in [2.05, 4.69) is 51.0 Å². The molecule has 0 N–H and O–H groups in total. The highest BCUT2D eigenvalue weighted by atomic mass is 16.5. The van der Waals surface area contributed by atoms with E-state index >= 15 is 0 Å². The molecule has 2 rings (SSSR count). The highest BCUT2D eigenvalue weighted by molar-refractivity contribution is 5.36. The van der Waals surface area contributed by atoms with E-state index in [0.29, 0.717) is 11.8 Å². The molecular weight excluding hydrogens is 222 g/mol. The summed E-state index contributed by atoms with van der Waals surface area (Å²) < 4.78 is 5.54. The third-order valence-corrected chi connectivity index (χ3v) is 3.69. The Balaban J connectivity index is 2.31. The maximum atomic E-state index is 5.54. The first-order valence-corrected chi connectivity index (χ1v) is 6.93. The Morgan fingerprint density at radius 1 is 1.33 bits per heavy atom. The number of nitrogens with zero attached hydrogens (tertiary/aromatic N) is 1. The van der Waals surface area contributed by atoms with Crippen molar-refractivity contribution in [1.29, 1.82) is 0 Å². The van der Waals surface area contributed by atoms with Gasteiger partial charge in [-0.15, -0.1) is 0 Å². The molecule has 0 aliphatic carbocycles. The zero-order chi connectivity index (χ0) is 13.1. The van der Waals surface area contributed by atoms with Crippen LogP contribution in [0.3, 0.4) is 0 Å². The van der Waals surface area contributed by atoms with Crippen LogP contribution in [-0.4, -0.2) is 32.2 Å². The first kappa shape index (κ1) is 13.6. The second-order valence-corrected chi connectivity index (χ2v) is 5.91. The lowest BCUT2D eigenvalue weighted by atomic mass is 9.89. The van der Waals surface area contributed by atoms with Gasteiger partial charge >= 0.3 is 0 Å². The molecule has 1 aromatic rings. The molecule has 1 heterocycles. The predicted octanol–water partition coefficient (Wildman–Crippen LogP) is 3.38. The van der Waals surface area contributed by atoms with Gasteiger partial charge in [-0.1, -0.05) is 32.0 Å². The van der Waals surface area contributed by atoms with Crippen LogP contribution in [0.4, 0.5) is 0 Å². The van der Waals surface area contributed by atoms with Crippen molar-refractivity contribution in [3.63, 3.8) is 0 Å².